The molecule has 1 rings (SSSR count). The summed E-state index contributed by atoms with van der Waals surface area (Å²) in [6, 6.07) is 8.50. The van der Waals surface area contributed by atoms with Crippen LogP contribution in [0, 0.1) is 0 Å². The number of benzene rings is 1. The second-order valence-corrected chi connectivity index (χ2v) is 3.48. The van der Waals surface area contributed by atoms with Crippen LogP contribution < -0.4 is 10.2 Å². The summed E-state index contributed by atoms with van der Waals surface area (Å²) in [6.07, 6.45) is 1.87. The van der Waals surface area contributed by atoms with Crippen LogP contribution in [0.1, 0.15) is 26.3 Å². The molecule has 96 valence electrons. The van der Waals surface area contributed by atoms with Gasteiger partial charge in [-0.2, -0.15) is 0 Å². The van der Waals surface area contributed by atoms with Crippen LogP contribution in [-0.2, 0) is 0 Å². The van der Waals surface area contributed by atoms with Crippen LogP contribution in [0.3, 0.4) is 0 Å². The third-order valence-corrected chi connectivity index (χ3v) is 2.51. The molecule has 0 atom stereocenters. The molecule has 0 radical (unpaired) electrons. The Labute approximate surface area is 106 Å². The third-order valence-electron chi connectivity index (χ3n) is 2.51. The Morgan fingerprint density at radius 3 is 2.24 bits per heavy atom. The van der Waals surface area contributed by atoms with Gasteiger partial charge in [0.1, 0.15) is 0 Å². The molecule has 0 heterocycles. The van der Waals surface area contributed by atoms with Gasteiger partial charge in [-0.25, -0.2) is 0 Å². The maximum absolute atomic E-state index is 3.75. The van der Waals surface area contributed by atoms with Crippen LogP contribution in [0.4, 0.5) is 5.69 Å². The Morgan fingerprint density at radius 1 is 1.24 bits per heavy atom. The first-order chi connectivity index (χ1) is 8.31. The summed E-state index contributed by atoms with van der Waals surface area (Å²) >= 11 is 0. The van der Waals surface area contributed by atoms with E-state index in [2.05, 4.69) is 48.0 Å². The van der Waals surface area contributed by atoms with Gasteiger partial charge in [0, 0.05) is 25.3 Å². The molecule has 1 aromatic carbocycles. The molecule has 0 aliphatic carbocycles. The summed E-state index contributed by atoms with van der Waals surface area (Å²) < 4.78 is 0. The van der Waals surface area contributed by atoms with Crippen molar-refractivity contribution < 1.29 is 0 Å². The van der Waals surface area contributed by atoms with Crippen LogP contribution in [-0.4, -0.2) is 26.7 Å². The number of anilines is 1. The van der Waals surface area contributed by atoms with E-state index in [1.54, 1.807) is 0 Å². The number of likely N-dealkylation sites (N-methyl/N-ethyl adjacent to an activating group) is 2. The first-order valence-electron chi connectivity index (χ1n) is 6.44. The fraction of sp³-hybridized carbons (Fsp3) is 0.467. The Hall–Kier alpha value is -1.28. The zero-order valence-corrected chi connectivity index (χ0v) is 11.7. The highest BCUT2D eigenvalue weighted by atomic mass is 15.1. The molecule has 0 aliphatic rings. The van der Waals surface area contributed by atoms with Gasteiger partial charge in [-0.3, -0.25) is 0 Å². The molecule has 0 unspecified atom stereocenters. The van der Waals surface area contributed by atoms with Crippen LogP contribution in [0.5, 0.6) is 0 Å². The van der Waals surface area contributed by atoms with Crippen molar-refractivity contribution in [3.63, 3.8) is 0 Å². The molecular weight excluding hydrogens is 208 g/mol. The maximum atomic E-state index is 3.75. The summed E-state index contributed by atoms with van der Waals surface area (Å²) in [6.45, 7) is 13.0. The van der Waals surface area contributed by atoms with Gasteiger partial charge in [0.05, 0.1) is 0 Å². The van der Waals surface area contributed by atoms with Gasteiger partial charge in [-0.05, 0) is 31.7 Å². The fourth-order valence-electron chi connectivity index (χ4n) is 1.54. The van der Waals surface area contributed by atoms with Crippen LogP contribution in [0.2, 0.25) is 0 Å². The summed E-state index contributed by atoms with van der Waals surface area (Å²) in [5.41, 5.74) is 2.45. The molecule has 2 nitrogen and oxygen atoms in total. The number of nitrogens with zero attached hydrogens (tertiary/aromatic N) is 1. The quantitative estimate of drug-likeness (QED) is 0.811. The van der Waals surface area contributed by atoms with Crippen molar-refractivity contribution in [2.45, 2.75) is 20.8 Å². The van der Waals surface area contributed by atoms with Crippen molar-refractivity contribution in [1.29, 1.82) is 0 Å². The standard InChI is InChI=1S/C13H20N2.C2H6/c1-4-12-6-8-13(9-7-12)15(5-2)11-10-14-3;1-2/h4,6-9,14H,1,5,10-11H2,2-3H3;1-2H3. The van der Waals surface area contributed by atoms with Gasteiger partial charge in [0.25, 0.3) is 0 Å². The van der Waals surface area contributed by atoms with E-state index < -0.39 is 0 Å². The van der Waals surface area contributed by atoms with Gasteiger partial charge in [-0.15, -0.1) is 0 Å². The average molecular weight is 234 g/mol. The Balaban J connectivity index is 0.00000121. The van der Waals surface area contributed by atoms with Gasteiger partial charge in [0.15, 0.2) is 0 Å². The molecule has 0 spiro atoms. The molecule has 1 N–H and O–H groups in total. The molecule has 0 bridgehead atoms. The van der Waals surface area contributed by atoms with Crippen LogP contribution >= 0.6 is 0 Å². The van der Waals surface area contributed by atoms with E-state index in [0.717, 1.165) is 19.6 Å². The second-order valence-electron chi connectivity index (χ2n) is 3.48. The Bertz CT molecular complexity index is 290. The molecular formula is C15H26N2. The van der Waals surface area contributed by atoms with E-state index in [1.807, 2.05) is 27.0 Å². The molecule has 1 aromatic rings. The summed E-state index contributed by atoms with van der Waals surface area (Å²) in [4.78, 5) is 2.35. The lowest BCUT2D eigenvalue weighted by molar-refractivity contribution is 0.737. The zero-order chi connectivity index (χ0) is 13.1. The van der Waals surface area contributed by atoms with Crippen molar-refractivity contribution in [1.82, 2.24) is 5.32 Å². The lowest BCUT2D eigenvalue weighted by atomic mass is 10.2. The van der Waals surface area contributed by atoms with Gasteiger partial charge in [-0.1, -0.05) is 38.6 Å². The van der Waals surface area contributed by atoms with E-state index in [0.29, 0.717) is 0 Å². The predicted octanol–water partition coefficient (Wildman–Crippen LogP) is 3.40. The Kier molecular flexibility index (Phi) is 9.17. The van der Waals surface area contributed by atoms with Crippen molar-refractivity contribution in [3.8, 4) is 0 Å². The molecule has 17 heavy (non-hydrogen) atoms. The van der Waals surface area contributed by atoms with Crippen molar-refractivity contribution >= 4 is 11.8 Å². The monoisotopic (exact) mass is 234 g/mol. The minimum atomic E-state index is 1.01. The lowest BCUT2D eigenvalue weighted by Crippen LogP contribution is -2.30. The van der Waals surface area contributed by atoms with Crippen LogP contribution in [0.25, 0.3) is 6.08 Å². The zero-order valence-electron chi connectivity index (χ0n) is 11.7. The molecule has 0 saturated heterocycles. The van der Waals surface area contributed by atoms with Gasteiger partial charge < -0.3 is 10.2 Å². The minimum absolute atomic E-state index is 1.01. The molecule has 2 heteroatoms. The number of hydrogen-bond acceptors (Lipinski definition) is 2. The van der Waals surface area contributed by atoms with E-state index in [-0.39, 0.29) is 0 Å². The van der Waals surface area contributed by atoms with E-state index in [1.165, 1.54) is 11.3 Å². The second kappa shape index (κ2) is 9.91. The molecule has 0 saturated carbocycles. The highest BCUT2D eigenvalue weighted by Gasteiger charge is 2.02. The van der Waals surface area contributed by atoms with Crippen molar-refractivity contribution in [2.75, 3.05) is 31.6 Å². The first kappa shape index (κ1) is 15.7. The summed E-state index contributed by atoms with van der Waals surface area (Å²) in [7, 11) is 1.98. The third kappa shape index (κ3) is 5.55. The highest BCUT2D eigenvalue weighted by Crippen LogP contribution is 2.15. The van der Waals surface area contributed by atoms with E-state index >= 15 is 0 Å². The molecule has 0 aromatic heterocycles. The first-order valence-corrected chi connectivity index (χ1v) is 6.44. The number of rotatable bonds is 6. The SMILES string of the molecule is C=Cc1ccc(N(CC)CCNC)cc1.CC. The molecule has 0 fully saturated rings. The minimum Gasteiger partial charge on any atom is -0.371 e. The number of hydrogen-bond donors (Lipinski definition) is 1. The fourth-order valence-corrected chi connectivity index (χ4v) is 1.54. The number of nitrogens with one attached hydrogen (secondary N) is 1. The lowest BCUT2D eigenvalue weighted by Gasteiger charge is -2.23. The largest absolute Gasteiger partial charge is 0.371 e. The summed E-state index contributed by atoms with van der Waals surface area (Å²) in [5, 5.41) is 3.17. The smallest absolute Gasteiger partial charge is 0.0366 e. The predicted molar refractivity (Wildman–Crippen MR) is 79.7 cm³/mol. The van der Waals surface area contributed by atoms with Gasteiger partial charge >= 0.3 is 0 Å². The van der Waals surface area contributed by atoms with Crippen LogP contribution in [0.15, 0.2) is 30.8 Å². The Morgan fingerprint density at radius 2 is 1.82 bits per heavy atom. The van der Waals surface area contributed by atoms with Crippen molar-refractivity contribution in [2.24, 2.45) is 0 Å². The molecule has 0 amide bonds. The topological polar surface area (TPSA) is 15.3 Å². The highest BCUT2D eigenvalue weighted by molar-refractivity contribution is 5.54. The normalized spacial score (nSPS) is 9.18. The van der Waals surface area contributed by atoms with E-state index in [4.69, 9.17) is 0 Å². The van der Waals surface area contributed by atoms with Gasteiger partial charge in [0.2, 0.25) is 0 Å². The van der Waals surface area contributed by atoms with Crippen molar-refractivity contribution in [3.05, 3.63) is 36.4 Å². The molecule has 0 aliphatic heterocycles. The summed E-state index contributed by atoms with van der Waals surface area (Å²) in [5.74, 6) is 0. The van der Waals surface area contributed by atoms with E-state index in [9.17, 15) is 0 Å². The maximum Gasteiger partial charge on any atom is 0.0366 e. The average Bonchev–Trinajstić information content (AvgIpc) is 2.42.